The van der Waals surface area contributed by atoms with Crippen molar-refractivity contribution in [3.8, 4) is 0 Å². The lowest BCUT2D eigenvalue weighted by atomic mass is 10.0. The average molecular weight is 368 g/mol. The first-order chi connectivity index (χ1) is 13.0. The highest BCUT2D eigenvalue weighted by Crippen LogP contribution is 2.21. The van der Waals surface area contributed by atoms with Crippen molar-refractivity contribution in [2.45, 2.75) is 20.3 Å². The molecular weight excluding hydrogens is 347 g/mol. The number of ether oxygens (including phenoxy) is 1. The minimum absolute atomic E-state index is 0.0640. The summed E-state index contributed by atoms with van der Waals surface area (Å²) < 4.78 is 20.2. The van der Waals surface area contributed by atoms with Crippen LogP contribution in [0.1, 0.15) is 32.9 Å². The smallest absolute Gasteiger partial charge is 0.259 e. The highest BCUT2D eigenvalue weighted by molar-refractivity contribution is 5.99. The summed E-state index contributed by atoms with van der Waals surface area (Å²) >= 11 is 0. The Morgan fingerprint density at radius 3 is 2.59 bits per heavy atom. The van der Waals surface area contributed by atoms with Gasteiger partial charge in [0.1, 0.15) is 11.4 Å². The van der Waals surface area contributed by atoms with E-state index in [4.69, 9.17) is 4.74 Å². The van der Waals surface area contributed by atoms with Crippen LogP contribution in [-0.4, -0.2) is 51.7 Å². The minimum Gasteiger partial charge on any atom is -0.378 e. The molecule has 6 nitrogen and oxygen atoms in total. The molecule has 1 aliphatic heterocycles. The maximum atomic E-state index is 13.2. The van der Waals surface area contributed by atoms with E-state index in [-0.39, 0.29) is 11.7 Å². The molecule has 2 aromatic heterocycles. The molecule has 1 saturated heterocycles. The number of hydrogen-bond acceptors (Lipinski definition) is 4. The molecule has 0 atom stereocenters. The summed E-state index contributed by atoms with van der Waals surface area (Å²) in [6.45, 7) is 6.17. The van der Waals surface area contributed by atoms with E-state index in [0.29, 0.717) is 43.9 Å². The molecule has 3 aromatic rings. The third kappa shape index (κ3) is 3.30. The van der Waals surface area contributed by atoms with Gasteiger partial charge in [-0.3, -0.25) is 4.79 Å². The topological polar surface area (TPSA) is 59.7 Å². The zero-order valence-electron chi connectivity index (χ0n) is 15.4. The molecule has 140 valence electrons. The molecule has 0 saturated carbocycles. The van der Waals surface area contributed by atoms with Crippen molar-refractivity contribution >= 4 is 11.6 Å². The fourth-order valence-electron chi connectivity index (χ4n) is 3.46. The Balaban J connectivity index is 1.70. The highest BCUT2D eigenvalue weighted by atomic mass is 19.1. The van der Waals surface area contributed by atoms with Crippen LogP contribution in [0.15, 0.2) is 30.5 Å². The lowest BCUT2D eigenvalue weighted by Gasteiger charge is -2.26. The summed E-state index contributed by atoms with van der Waals surface area (Å²) in [7, 11) is 0. The van der Waals surface area contributed by atoms with Crippen LogP contribution in [0.25, 0.3) is 5.65 Å². The number of carbonyl (C=O) groups excluding carboxylic acids is 1. The van der Waals surface area contributed by atoms with E-state index in [1.54, 1.807) is 27.7 Å². The second-order valence-electron chi connectivity index (χ2n) is 6.76. The second-order valence-corrected chi connectivity index (χ2v) is 6.76. The van der Waals surface area contributed by atoms with E-state index in [2.05, 4.69) is 10.1 Å². The van der Waals surface area contributed by atoms with Crippen molar-refractivity contribution in [3.05, 3.63) is 64.4 Å². The van der Waals surface area contributed by atoms with Gasteiger partial charge in [0.05, 0.1) is 19.4 Å². The Labute approximate surface area is 156 Å². The maximum Gasteiger partial charge on any atom is 0.259 e. The molecule has 0 N–H and O–H groups in total. The first kappa shape index (κ1) is 17.6. The highest BCUT2D eigenvalue weighted by Gasteiger charge is 2.24. The van der Waals surface area contributed by atoms with E-state index in [1.165, 1.54) is 12.1 Å². The molecule has 1 fully saturated rings. The predicted molar refractivity (Wildman–Crippen MR) is 98.4 cm³/mol. The summed E-state index contributed by atoms with van der Waals surface area (Å²) in [5.74, 6) is -0.315. The van der Waals surface area contributed by atoms with Gasteiger partial charge < -0.3 is 9.64 Å². The van der Waals surface area contributed by atoms with Gasteiger partial charge in [-0.1, -0.05) is 12.1 Å². The largest absolute Gasteiger partial charge is 0.378 e. The summed E-state index contributed by atoms with van der Waals surface area (Å²) in [5.41, 5.74) is 4.90. The average Bonchev–Trinajstić information content (AvgIpc) is 3.10. The van der Waals surface area contributed by atoms with Crippen LogP contribution in [0, 0.1) is 19.7 Å². The van der Waals surface area contributed by atoms with Crippen molar-refractivity contribution in [2.24, 2.45) is 0 Å². The molecule has 0 aliphatic carbocycles. The molecule has 1 aliphatic rings. The van der Waals surface area contributed by atoms with Crippen LogP contribution in [0.2, 0.25) is 0 Å². The predicted octanol–water partition coefficient (Wildman–Crippen LogP) is 2.55. The van der Waals surface area contributed by atoms with Crippen molar-refractivity contribution in [1.29, 1.82) is 0 Å². The molecule has 0 radical (unpaired) electrons. The van der Waals surface area contributed by atoms with Crippen LogP contribution in [0.3, 0.4) is 0 Å². The van der Waals surface area contributed by atoms with E-state index in [1.807, 2.05) is 13.8 Å². The van der Waals surface area contributed by atoms with Crippen molar-refractivity contribution < 1.29 is 13.9 Å². The second kappa shape index (κ2) is 7.08. The monoisotopic (exact) mass is 368 g/mol. The summed E-state index contributed by atoms with van der Waals surface area (Å²) in [6, 6.07) is 6.46. The van der Waals surface area contributed by atoms with Gasteiger partial charge in [-0.05, 0) is 37.1 Å². The molecule has 1 aromatic carbocycles. The lowest BCUT2D eigenvalue weighted by molar-refractivity contribution is 0.0304. The SMILES string of the molecule is Cc1nc2c(C(=O)N3CCOCC3)cnn2c(C)c1Cc1ccc(F)cc1. The number of fused-ring (bicyclic) bond motifs is 1. The van der Waals surface area contributed by atoms with Crippen molar-refractivity contribution in [1.82, 2.24) is 19.5 Å². The summed E-state index contributed by atoms with van der Waals surface area (Å²) in [4.78, 5) is 19.3. The zero-order chi connectivity index (χ0) is 19.0. The number of amides is 1. The van der Waals surface area contributed by atoms with Gasteiger partial charge in [-0.15, -0.1) is 0 Å². The lowest BCUT2D eigenvalue weighted by Crippen LogP contribution is -2.40. The van der Waals surface area contributed by atoms with Crippen LogP contribution < -0.4 is 0 Å². The number of halogens is 1. The number of rotatable bonds is 3. The molecule has 0 unspecified atom stereocenters. The molecular formula is C20H21FN4O2. The number of carbonyl (C=O) groups is 1. The quantitative estimate of drug-likeness (QED) is 0.713. The summed E-state index contributed by atoms with van der Waals surface area (Å²) in [6.07, 6.45) is 2.22. The molecule has 7 heteroatoms. The van der Waals surface area contributed by atoms with Crippen molar-refractivity contribution in [2.75, 3.05) is 26.3 Å². The van der Waals surface area contributed by atoms with E-state index in [9.17, 15) is 9.18 Å². The Hall–Kier alpha value is -2.80. The molecule has 3 heterocycles. The van der Waals surface area contributed by atoms with Crippen LogP contribution >= 0.6 is 0 Å². The number of hydrogen-bond donors (Lipinski definition) is 0. The van der Waals surface area contributed by atoms with Crippen LogP contribution in [0.5, 0.6) is 0 Å². The van der Waals surface area contributed by atoms with Gasteiger partial charge in [0.2, 0.25) is 0 Å². The number of morpholine rings is 1. The number of nitrogens with zero attached hydrogens (tertiary/aromatic N) is 4. The maximum absolute atomic E-state index is 13.2. The number of aryl methyl sites for hydroxylation is 2. The standard InChI is InChI=1S/C20H21FN4O2/c1-13-17(11-15-3-5-16(21)6-4-15)14(2)25-19(23-13)18(12-22-25)20(26)24-7-9-27-10-8-24/h3-6,12H,7-11H2,1-2H3. The Morgan fingerprint density at radius 2 is 1.89 bits per heavy atom. The first-order valence-electron chi connectivity index (χ1n) is 9.00. The molecule has 0 spiro atoms. The third-order valence-corrected chi connectivity index (χ3v) is 5.03. The molecule has 0 bridgehead atoms. The molecule has 4 rings (SSSR count). The Bertz CT molecular complexity index is 991. The first-order valence-corrected chi connectivity index (χ1v) is 9.00. The van der Waals surface area contributed by atoms with Gasteiger partial charge in [-0.2, -0.15) is 5.10 Å². The normalized spacial score (nSPS) is 14.7. The van der Waals surface area contributed by atoms with Gasteiger partial charge in [0, 0.05) is 30.9 Å². The van der Waals surface area contributed by atoms with E-state index < -0.39 is 0 Å². The zero-order valence-corrected chi connectivity index (χ0v) is 15.4. The van der Waals surface area contributed by atoms with Gasteiger partial charge in [0.25, 0.3) is 5.91 Å². The van der Waals surface area contributed by atoms with E-state index >= 15 is 0 Å². The van der Waals surface area contributed by atoms with Gasteiger partial charge >= 0.3 is 0 Å². The third-order valence-electron chi connectivity index (χ3n) is 5.03. The van der Waals surface area contributed by atoms with Gasteiger partial charge in [-0.25, -0.2) is 13.9 Å². The fourth-order valence-corrected chi connectivity index (χ4v) is 3.46. The summed E-state index contributed by atoms with van der Waals surface area (Å²) in [5, 5.41) is 4.41. The van der Waals surface area contributed by atoms with Crippen molar-refractivity contribution in [3.63, 3.8) is 0 Å². The number of benzene rings is 1. The molecule has 1 amide bonds. The minimum atomic E-state index is -0.251. The number of aromatic nitrogens is 3. The fraction of sp³-hybridized carbons (Fsp3) is 0.350. The molecule has 27 heavy (non-hydrogen) atoms. The van der Waals surface area contributed by atoms with E-state index in [0.717, 1.165) is 22.5 Å². The van der Waals surface area contributed by atoms with Gasteiger partial charge in [0.15, 0.2) is 5.65 Å². The van der Waals surface area contributed by atoms with Crippen LogP contribution in [0.4, 0.5) is 4.39 Å². The Kier molecular flexibility index (Phi) is 4.61. The Morgan fingerprint density at radius 1 is 1.19 bits per heavy atom. The van der Waals surface area contributed by atoms with Crippen LogP contribution in [-0.2, 0) is 11.2 Å².